The van der Waals surface area contributed by atoms with E-state index in [-0.39, 0.29) is 37.3 Å². The van der Waals surface area contributed by atoms with Crippen LogP contribution in [-0.2, 0) is 9.59 Å². The van der Waals surface area contributed by atoms with E-state index in [0.29, 0.717) is 12.8 Å². The summed E-state index contributed by atoms with van der Waals surface area (Å²) in [5.41, 5.74) is -0.0689. The summed E-state index contributed by atoms with van der Waals surface area (Å²) in [6.07, 6.45) is 4.53. The molecule has 0 fully saturated rings. The van der Waals surface area contributed by atoms with Gasteiger partial charge in [0.2, 0.25) is 0 Å². The van der Waals surface area contributed by atoms with E-state index < -0.39 is 22.8 Å². The first kappa shape index (κ1) is 28.2. The summed E-state index contributed by atoms with van der Waals surface area (Å²) in [6.45, 7) is -0.250. The van der Waals surface area contributed by atoms with Crippen molar-refractivity contribution in [2.24, 2.45) is 0 Å². The number of nitro groups is 1. The average Bonchev–Trinajstić information content (AvgIpc) is 2.67. The van der Waals surface area contributed by atoms with Crippen LogP contribution in [0.25, 0.3) is 0 Å². The molecule has 11 heteroatoms. The first-order valence-electron chi connectivity index (χ1n) is 8.78. The van der Waals surface area contributed by atoms with Gasteiger partial charge in [0.25, 0.3) is 5.69 Å². The number of unbranched alkanes of at least 4 members (excludes halogenated alkanes) is 4. The van der Waals surface area contributed by atoms with Crippen LogP contribution in [0.1, 0.15) is 55.3 Å². The number of aliphatic hydroxyl groups is 2. The maximum Gasteiger partial charge on any atom is 0.335 e. The van der Waals surface area contributed by atoms with Crippen LogP contribution in [0.3, 0.4) is 0 Å². The zero-order chi connectivity index (χ0) is 22.7. The van der Waals surface area contributed by atoms with Crippen molar-refractivity contribution >= 4 is 23.6 Å². The molecule has 1 aromatic carbocycles. The summed E-state index contributed by atoms with van der Waals surface area (Å²) in [6, 6.07) is 4.70. The lowest BCUT2D eigenvalue weighted by atomic mass is 10.1. The lowest BCUT2D eigenvalue weighted by Gasteiger charge is -1.97. The Morgan fingerprint density at radius 3 is 1.41 bits per heavy atom. The molecule has 0 aromatic heterocycles. The number of non-ortho nitro benzene ring substituents is 1. The first-order chi connectivity index (χ1) is 13.6. The van der Waals surface area contributed by atoms with Gasteiger partial charge in [0, 0.05) is 25.0 Å². The number of aliphatic carboxylic acids is 2. The molecule has 0 aliphatic carbocycles. The SMILES string of the molecule is O=C(O)CCCCCCCC(=O)O.O=C(O)c1ccc([N+](=O)[O-])cc1.OCCO. The highest BCUT2D eigenvalue weighted by Crippen LogP contribution is 2.11. The number of nitro benzene ring substituents is 1. The molecule has 1 aromatic rings. The van der Waals surface area contributed by atoms with Gasteiger partial charge in [0.1, 0.15) is 0 Å². The van der Waals surface area contributed by atoms with Crippen molar-refractivity contribution in [2.75, 3.05) is 13.2 Å². The highest BCUT2D eigenvalue weighted by atomic mass is 16.6. The number of carbonyl (C=O) groups is 3. The van der Waals surface area contributed by atoms with Gasteiger partial charge >= 0.3 is 17.9 Å². The number of nitrogens with zero attached hydrogens (tertiary/aromatic N) is 1. The van der Waals surface area contributed by atoms with Crippen molar-refractivity contribution in [3.05, 3.63) is 39.9 Å². The topological polar surface area (TPSA) is 195 Å². The Balaban J connectivity index is 0. The van der Waals surface area contributed by atoms with E-state index in [4.69, 9.17) is 25.5 Å². The predicted octanol–water partition coefficient (Wildman–Crippen LogP) is 2.15. The van der Waals surface area contributed by atoms with E-state index in [1.54, 1.807) is 0 Å². The summed E-state index contributed by atoms with van der Waals surface area (Å²) >= 11 is 0. The zero-order valence-electron chi connectivity index (χ0n) is 15.9. The minimum Gasteiger partial charge on any atom is -0.481 e. The highest BCUT2D eigenvalue weighted by molar-refractivity contribution is 5.87. The van der Waals surface area contributed by atoms with E-state index in [1.807, 2.05) is 0 Å². The highest BCUT2D eigenvalue weighted by Gasteiger charge is 2.06. The second-order valence-electron chi connectivity index (χ2n) is 5.61. The molecule has 0 amide bonds. The van der Waals surface area contributed by atoms with Crippen LogP contribution in [0.4, 0.5) is 5.69 Å². The predicted molar refractivity (Wildman–Crippen MR) is 102 cm³/mol. The van der Waals surface area contributed by atoms with E-state index in [1.165, 1.54) is 12.1 Å². The van der Waals surface area contributed by atoms with Gasteiger partial charge in [-0.1, -0.05) is 19.3 Å². The molecule has 1 rings (SSSR count). The Hall–Kier alpha value is -3.05. The Morgan fingerprint density at radius 1 is 0.759 bits per heavy atom. The molecule has 0 aliphatic rings. The molecule has 5 N–H and O–H groups in total. The molecule has 0 saturated carbocycles. The quantitative estimate of drug-likeness (QED) is 0.202. The van der Waals surface area contributed by atoms with Gasteiger partial charge in [-0.3, -0.25) is 19.7 Å². The van der Waals surface area contributed by atoms with Gasteiger partial charge in [-0.25, -0.2) is 4.79 Å². The summed E-state index contributed by atoms with van der Waals surface area (Å²) < 4.78 is 0. The maximum absolute atomic E-state index is 10.3. The van der Waals surface area contributed by atoms with Crippen LogP contribution in [0.2, 0.25) is 0 Å². The summed E-state index contributed by atoms with van der Waals surface area (Å²) in [7, 11) is 0. The van der Waals surface area contributed by atoms with Crippen LogP contribution in [-0.4, -0.2) is 61.6 Å². The summed E-state index contributed by atoms with van der Waals surface area (Å²) in [5.74, 6) is -2.61. The Bertz CT molecular complexity index is 563. The van der Waals surface area contributed by atoms with Crippen molar-refractivity contribution in [3.8, 4) is 0 Å². The monoisotopic (exact) mass is 417 g/mol. The Labute approximate surface area is 167 Å². The molecule has 0 heterocycles. The number of hydrogen-bond donors (Lipinski definition) is 5. The molecule has 29 heavy (non-hydrogen) atoms. The third-order valence-electron chi connectivity index (χ3n) is 3.21. The fraction of sp³-hybridized carbons (Fsp3) is 0.500. The van der Waals surface area contributed by atoms with Gasteiger partial charge in [0.05, 0.1) is 23.7 Å². The summed E-state index contributed by atoms with van der Waals surface area (Å²) in [5, 5.41) is 50.5. The molecule has 11 nitrogen and oxygen atoms in total. The second kappa shape index (κ2) is 18.3. The summed E-state index contributed by atoms with van der Waals surface area (Å²) in [4.78, 5) is 40.1. The average molecular weight is 417 g/mol. The maximum atomic E-state index is 10.3. The number of aliphatic hydroxyl groups excluding tert-OH is 2. The van der Waals surface area contributed by atoms with Crippen LogP contribution < -0.4 is 0 Å². The van der Waals surface area contributed by atoms with E-state index in [0.717, 1.165) is 31.4 Å². The minimum atomic E-state index is -1.09. The fourth-order valence-corrected chi connectivity index (χ4v) is 1.81. The van der Waals surface area contributed by atoms with Gasteiger partial charge in [-0.15, -0.1) is 0 Å². The van der Waals surface area contributed by atoms with E-state index in [2.05, 4.69) is 0 Å². The number of benzene rings is 1. The number of hydrogen-bond acceptors (Lipinski definition) is 7. The van der Waals surface area contributed by atoms with Crippen LogP contribution in [0, 0.1) is 10.1 Å². The van der Waals surface area contributed by atoms with Crippen LogP contribution in [0.5, 0.6) is 0 Å². The molecule has 0 spiro atoms. The molecule has 0 atom stereocenters. The van der Waals surface area contributed by atoms with Crippen molar-refractivity contribution in [1.82, 2.24) is 0 Å². The molecular weight excluding hydrogens is 390 g/mol. The lowest BCUT2D eigenvalue weighted by molar-refractivity contribution is -0.384. The Kier molecular flexibility index (Phi) is 17.8. The van der Waals surface area contributed by atoms with Gasteiger partial charge in [-0.2, -0.15) is 0 Å². The minimum absolute atomic E-state index is 0.0422. The van der Waals surface area contributed by atoms with Gasteiger partial charge in [0.15, 0.2) is 0 Å². The van der Waals surface area contributed by atoms with Gasteiger partial charge < -0.3 is 25.5 Å². The van der Waals surface area contributed by atoms with Gasteiger partial charge in [-0.05, 0) is 25.0 Å². The zero-order valence-corrected chi connectivity index (χ0v) is 15.9. The molecule has 0 saturated heterocycles. The van der Waals surface area contributed by atoms with Crippen molar-refractivity contribution in [2.45, 2.75) is 44.9 Å². The van der Waals surface area contributed by atoms with Crippen molar-refractivity contribution in [3.63, 3.8) is 0 Å². The van der Waals surface area contributed by atoms with E-state index in [9.17, 15) is 24.5 Å². The first-order valence-corrected chi connectivity index (χ1v) is 8.78. The second-order valence-corrected chi connectivity index (χ2v) is 5.61. The normalized spacial score (nSPS) is 9.31. The number of rotatable bonds is 11. The van der Waals surface area contributed by atoms with Crippen molar-refractivity contribution in [1.29, 1.82) is 0 Å². The third kappa shape index (κ3) is 19.5. The number of carboxylic acids is 3. The lowest BCUT2D eigenvalue weighted by Crippen LogP contribution is -1.96. The largest absolute Gasteiger partial charge is 0.481 e. The fourth-order valence-electron chi connectivity index (χ4n) is 1.81. The van der Waals surface area contributed by atoms with Crippen LogP contribution >= 0.6 is 0 Å². The smallest absolute Gasteiger partial charge is 0.335 e. The standard InChI is InChI=1S/C9H16O4.C7H5NO4.C2H6O2/c10-8(11)6-4-2-1-3-5-7-9(12)13;9-7(10)5-1-3-6(4-2-5)8(11)12;3-1-2-4/h1-7H2,(H,10,11)(H,12,13);1-4H,(H,9,10);3-4H,1-2H2. The molecule has 0 radical (unpaired) electrons. The molecule has 0 bridgehead atoms. The molecular formula is C18H27NO10. The number of aromatic carboxylic acids is 1. The third-order valence-corrected chi connectivity index (χ3v) is 3.21. The molecule has 0 aliphatic heterocycles. The van der Waals surface area contributed by atoms with Crippen molar-refractivity contribution < 1.29 is 44.8 Å². The van der Waals surface area contributed by atoms with Crippen LogP contribution in [0.15, 0.2) is 24.3 Å². The molecule has 164 valence electrons. The Morgan fingerprint density at radius 2 is 1.14 bits per heavy atom. The number of carboxylic acid groups (broad SMARTS) is 3. The molecule has 0 unspecified atom stereocenters. The van der Waals surface area contributed by atoms with E-state index >= 15 is 0 Å².